The van der Waals surface area contributed by atoms with Crippen LogP contribution in [0, 0.1) is 10.1 Å². The molecule has 0 saturated heterocycles. The maximum Gasteiger partial charge on any atom is 0.418 e. The van der Waals surface area contributed by atoms with E-state index in [1.165, 1.54) is 0 Å². The van der Waals surface area contributed by atoms with Crippen LogP contribution >= 0.6 is 15.9 Å². The Morgan fingerprint density at radius 3 is 2.29 bits per heavy atom. The second-order valence-electron chi connectivity index (χ2n) is 2.88. The summed E-state index contributed by atoms with van der Waals surface area (Å²) >= 11 is 2.41. The lowest BCUT2D eigenvalue weighted by Gasteiger charge is -2.12. The number of benzene rings is 1. The van der Waals surface area contributed by atoms with E-state index in [9.17, 15) is 28.1 Å². The molecule has 0 aliphatic carbocycles. The van der Waals surface area contributed by atoms with Gasteiger partial charge in [-0.2, -0.15) is 13.2 Å². The molecule has 0 amide bonds. The summed E-state index contributed by atoms with van der Waals surface area (Å²) in [6.07, 6.45) is -5.00. The monoisotopic (exact) mass is 313 g/mol. The zero-order valence-electron chi connectivity index (χ0n) is 7.79. The van der Waals surface area contributed by atoms with Crippen molar-refractivity contribution < 1.29 is 28.0 Å². The fourth-order valence-corrected chi connectivity index (χ4v) is 1.88. The van der Waals surface area contributed by atoms with Crippen LogP contribution in [0.5, 0.6) is 0 Å². The van der Waals surface area contributed by atoms with Crippen LogP contribution in [-0.2, 0) is 6.18 Å². The number of aromatic carboxylic acids is 1. The molecular weight excluding hydrogens is 311 g/mol. The molecule has 92 valence electrons. The summed E-state index contributed by atoms with van der Waals surface area (Å²) in [6, 6.07) is 1.25. The van der Waals surface area contributed by atoms with Crippen LogP contribution in [0.3, 0.4) is 0 Å². The van der Waals surface area contributed by atoms with E-state index in [-0.39, 0.29) is 0 Å². The molecule has 0 unspecified atom stereocenters. The van der Waals surface area contributed by atoms with Crippen LogP contribution in [0.2, 0.25) is 0 Å². The summed E-state index contributed by atoms with van der Waals surface area (Å²) in [5, 5.41) is 19.0. The van der Waals surface area contributed by atoms with E-state index < -0.39 is 38.4 Å². The van der Waals surface area contributed by atoms with Crippen molar-refractivity contribution in [2.75, 3.05) is 0 Å². The van der Waals surface area contributed by atoms with Crippen molar-refractivity contribution in [2.45, 2.75) is 6.18 Å². The number of rotatable bonds is 2. The van der Waals surface area contributed by atoms with E-state index in [1.807, 2.05) is 0 Å². The molecule has 9 heteroatoms. The largest absolute Gasteiger partial charge is 0.478 e. The van der Waals surface area contributed by atoms with Crippen LogP contribution in [0.15, 0.2) is 16.6 Å². The second kappa shape index (κ2) is 4.32. The standard InChI is InChI=1S/C8H3BrF3NO4/c9-6-4(13(16)17)2-1-3(7(14)15)5(6)8(10,11)12/h1-2H,(H,14,15). The van der Waals surface area contributed by atoms with Gasteiger partial charge in [-0.15, -0.1) is 0 Å². The van der Waals surface area contributed by atoms with Crippen molar-refractivity contribution in [3.05, 3.63) is 37.8 Å². The molecule has 0 radical (unpaired) electrons. The molecule has 5 nitrogen and oxygen atoms in total. The predicted octanol–water partition coefficient (Wildman–Crippen LogP) is 3.07. The van der Waals surface area contributed by atoms with Gasteiger partial charge in [0.1, 0.15) is 4.47 Å². The highest BCUT2D eigenvalue weighted by atomic mass is 79.9. The molecule has 0 spiro atoms. The fraction of sp³-hybridized carbons (Fsp3) is 0.125. The first-order valence-electron chi connectivity index (χ1n) is 3.93. The molecular formula is C8H3BrF3NO4. The van der Waals surface area contributed by atoms with Gasteiger partial charge in [0, 0.05) is 6.07 Å². The lowest BCUT2D eigenvalue weighted by Crippen LogP contribution is -2.14. The highest BCUT2D eigenvalue weighted by Gasteiger charge is 2.40. The number of carboxylic acid groups (broad SMARTS) is 1. The van der Waals surface area contributed by atoms with E-state index in [2.05, 4.69) is 15.9 Å². The molecule has 1 aromatic rings. The zero-order valence-corrected chi connectivity index (χ0v) is 9.37. The van der Waals surface area contributed by atoms with Gasteiger partial charge in [0.05, 0.1) is 16.1 Å². The van der Waals surface area contributed by atoms with Crippen LogP contribution in [-0.4, -0.2) is 16.0 Å². The number of hydrogen-bond donors (Lipinski definition) is 1. The van der Waals surface area contributed by atoms with Crippen LogP contribution in [0.1, 0.15) is 15.9 Å². The van der Waals surface area contributed by atoms with Crippen molar-refractivity contribution in [1.82, 2.24) is 0 Å². The smallest absolute Gasteiger partial charge is 0.418 e. The van der Waals surface area contributed by atoms with Gasteiger partial charge in [-0.25, -0.2) is 4.79 Å². The highest BCUT2D eigenvalue weighted by molar-refractivity contribution is 9.10. The number of nitro groups is 1. The lowest BCUT2D eigenvalue weighted by atomic mass is 10.1. The molecule has 0 bridgehead atoms. The Kier molecular flexibility index (Phi) is 3.41. The Balaban J connectivity index is 3.65. The minimum absolute atomic E-state index is 0.550. The average Bonchev–Trinajstić information content (AvgIpc) is 2.14. The predicted molar refractivity (Wildman–Crippen MR) is 52.8 cm³/mol. The van der Waals surface area contributed by atoms with E-state index >= 15 is 0 Å². The Bertz CT molecular complexity index is 500. The molecule has 0 heterocycles. The maximum absolute atomic E-state index is 12.6. The first kappa shape index (κ1) is 13.4. The Morgan fingerprint density at radius 2 is 1.94 bits per heavy atom. The van der Waals surface area contributed by atoms with Gasteiger partial charge >= 0.3 is 12.1 Å². The van der Waals surface area contributed by atoms with Gasteiger partial charge in [-0.3, -0.25) is 10.1 Å². The Morgan fingerprint density at radius 1 is 1.41 bits per heavy atom. The quantitative estimate of drug-likeness (QED) is 0.672. The molecule has 0 aliphatic heterocycles. The summed E-state index contributed by atoms with van der Waals surface area (Å²) in [5.41, 5.74) is -3.46. The lowest BCUT2D eigenvalue weighted by molar-refractivity contribution is -0.386. The third kappa shape index (κ3) is 2.54. The third-order valence-electron chi connectivity index (χ3n) is 1.83. The van der Waals surface area contributed by atoms with Gasteiger partial charge in [-0.05, 0) is 22.0 Å². The molecule has 1 rings (SSSR count). The van der Waals surface area contributed by atoms with Crippen LogP contribution in [0.25, 0.3) is 0 Å². The Labute approximate surface area is 100 Å². The third-order valence-corrected chi connectivity index (χ3v) is 2.63. The van der Waals surface area contributed by atoms with Gasteiger partial charge < -0.3 is 5.11 Å². The normalized spacial score (nSPS) is 11.3. The summed E-state index contributed by atoms with van der Waals surface area (Å²) < 4.78 is 36.9. The van der Waals surface area contributed by atoms with Crippen LogP contribution < -0.4 is 0 Å². The van der Waals surface area contributed by atoms with E-state index in [0.717, 1.165) is 0 Å². The minimum Gasteiger partial charge on any atom is -0.478 e. The first-order valence-corrected chi connectivity index (χ1v) is 4.73. The summed E-state index contributed by atoms with van der Waals surface area (Å²) in [5.74, 6) is -1.81. The molecule has 1 aromatic carbocycles. The molecule has 0 aliphatic rings. The molecule has 1 N–H and O–H groups in total. The van der Waals surface area contributed by atoms with E-state index in [1.54, 1.807) is 0 Å². The SMILES string of the molecule is O=C(O)c1ccc([N+](=O)[O-])c(Br)c1C(F)(F)F. The minimum atomic E-state index is -5.00. The van der Waals surface area contributed by atoms with Crippen LogP contribution in [0.4, 0.5) is 18.9 Å². The maximum atomic E-state index is 12.6. The van der Waals surface area contributed by atoms with Gasteiger partial charge in [-0.1, -0.05) is 0 Å². The van der Waals surface area contributed by atoms with Crippen molar-refractivity contribution in [3.8, 4) is 0 Å². The van der Waals surface area contributed by atoms with Gasteiger partial charge in [0.2, 0.25) is 0 Å². The van der Waals surface area contributed by atoms with E-state index in [4.69, 9.17) is 5.11 Å². The molecule has 0 atom stereocenters. The summed E-state index contributed by atoms with van der Waals surface area (Å²) in [7, 11) is 0. The molecule has 17 heavy (non-hydrogen) atoms. The van der Waals surface area contributed by atoms with Gasteiger partial charge in [0.15, 0.2) is 0 Å². The van der Waals surface area contributed by atoms with Gasteiger partial charge in [0.25, 0.3) is 5.69 Å². The number of carboxylic acids is 1. The zero-order chi connectivity index (χ0) is 13.4. The number of carbonyl (C=O) groups is 1. The number of nitrogens with zero attached hydrogens (tertiary/aromatic N) is 1. The second-order valence-corrected chi connectivity index (χ2v) is 3.67. The molecule has 0 fully saturated rings. The molecule has 0 aromatic heterocycles. The van der Waals surface area contributed by atoms with Crippen molar-refractivity contribution in [1.29, 1.82) is 0 Å². The molecule has 0 saturated carbocycles. The van der Waals surface area contributed by atoms with Crippen molar-refractivity contribution in [2.24, 2.45) is 0 Å². The number of alkyl halides is 3. The number of halogens is 4. The highest BCUT2D eigenvalue weighted by Crippen LogP contribution is 2.41. The Hall–Kier alpha value is -1.64. The van der Waals surface area contributed by atoms with Crippen molar-refractivity contribution >= 4 is 27.6 Å². The van der Waals surface area contributed by atoms with Crippen molar-refractivity contribution in [3.63, 3.8) is 0 Å². The number of nitro benzene ring substituents is 1. The first-order chi connectivity index (χ1) is 7.66. The topological polar surface area (TPSA) is 80.4 Å². The summed E-state index contributed by atoms with van der Waals surface area (Å²) in [4.78, 5) is 20.0. The number of hydrogen-bond acceptors (Lipinski definition) is 3. The fourth-order valence-electron chi connectivity index (χ4n) is 1.16. The average molecular weight is 314 g/mol. The van der Waals surface area contributed by atoms with E-state index in [0.29, 0.717) is 12.1 Å². The summed E-state index contributed by atoms with van der Waals surface area (Å²) in [6.45, 7) is 0.